The normalized spacial score (nSPS) is 12.5. The zero-order valence-electron chi connectivity index (χ0n) is 9.29. The lowest BCUT2D eigenvalue weighted by atomic mass is 9.95. The molecule has 2 heteroatoms. The zero-order chi connectivity index (χ0) is 11.3. The Morgan fingerprint density at radius 2 is 1.93 bits per heavy atom. The van der Waals surface area contributed by atoms with Gasteiger partial charge in [0.25, 0.3) is 0 Å². The lowest BCUT2D eigenvalue weighted by Gasteiger charge is -2.11. The average molecular weight is 225 g/mol. The first-order valence-electron chi connectivity index (χ1n) is 5.39. The molecule has 0 N–H and O–H groups in total. The highest BCUT2D eigenvalue weighted by atomic mass is 35.5. The molecule has 82 valence electrons. The quantitative estimate of drug-likeness (QED) is 0.554. The van der Waals surface area contributed by atoms with Crippen LogP contribution < -0.4 is 0 Å². The molecule has 15 heavy (non-hydrogen) atoms. The standard InChI is InChI=1S/C13H17ClO/c1-3-10-5-6-12(7-11(10)4-2)13(8-14)9-15/h5-7,9,13H,3-4,8H2,1-2H3. The third-order valence-electron chi connectivity index (χ3n) is 2.75. The molecule has 0 aliphatic rings. The van der Waals surface area contributed by atoms with Crippen molar-refractivity contribution in [2.75, 3.05) is 5.88 Å². The van der Waals surface area contributed by atoms with Gasteiger partial charge in [-0.15, -0.1) is 11.6 Å². The molecule has 1 aromatic rings. The molecule has 0 bridgehead atoms. The molecule has 1 aromatic carbocycles. The number of aldehydes is 1. The molecule has 1 unspecified atom stereocenters. The van der Waals surface area contributed by atoms with E-state index in [2.05, 4.69) is 26.0 Å². The SMILES string of the molecule is CCc1ccc(C(C=O)CCl)cc1CC. The Labute approximate surface area is 96.5 Å². The predicted molar refractivity (Wildman–Crippen MR) is 64.7 cm³/mol. The molecular weight excluding hydrogens is 208 g/mol. The van der Waals surface area contributed by atoms with E-state index in [0.29, 0.717) is 5.88 Å². The number of rotatable bonds is 5. The lowest BCUT2D eigenvalue weighted by molar-refractivity contribution is -0.108. The van der Waals surface area contributed by atoms with Crippen LogP contribution in [0.1, 0.15) is 36.5 Å². The Hall–Kier alpha value is -0.820. The first kappa shape index (κ1) is 12.3. The van der Waals surface area contributed by atoms with Gasteiger partial charge in [0.15, 0.2) is 0 Å². The maximum absolute atomic E-state index is 10.8. The second-order valence-corrected chi connectivity index (χ2v) is 3.94. The molecule has 1 nitrogen and oxygen atoms in total. The van der Waals surface area contributed by atoms with Crippen molar-refractivity contribution in [3.63, 3.8) is 0 Å². The van der Waals surface area contributed by atoms with Crippen molar-refractivity contribution < 1.29 is 4.79 Å². The van der Waals surface area contributed by atoms with Gasteiger partial charge in [0.05, 0.1) is 5.92 Å². The van der Waals surface area contributed by atoms with Gasteiger partial charge in [0, 0.05) is 5.88 Å². The van der Waals surface area contributed by atoms with Crippen molar-refractivity contribution in [2.24, 2.45) is 0 Å². The summed E-state index contributed by atoms with van der Waals surface area (Å²) in [6.45, 7) is 4.28. The van der Waals surface area contributed by atoms with Crippen LogP contribution in [0.25, 0.3) is 0 Å². The van der Waals surface area contributed by atoms with Crippen LogP contribution in [0.2, 0.25) is 0 Å². The van der Waals surface area contributed by atoms with Gasteiger partial charge in [0.1, 0.15) is 6.29 Å². The summed E-state index contributed by atoms with van der Waals surface area (Å²) in [6, 6.07) is 6.23. The largest absolute Gasteiger partial charge is 0.303 e. The second-order valence-electron chi connectivity index (χ2n) is 3.63. The predicted octanol–water partition coefficient (Wildman–Crippen LogP) is 3.33. The summed E-state index contributed by atoms with van der Waals surface area (Å²) in [6.07, 6.45) is 2.97. The molecule has 0 saturated carbocycles. The number of benzene rings is 1. The van der Waals surface area contributed by atoms with Crippen LogP contribution in [-0.4, -0.2) is 12.2 Å². The summed E-state index contributed by atoms with van der Waals surface area (Å²) in [5.41, 5.74) is 3.72. The highest BCUT2D eigenvalue weighted by Crippen LogP contribution is 2.20. The van der Waals surface area contributed by atoms with Gasteiger partial charge in [-0.3, -0.25) is 0 Å². The minimum Gasteiger partial charge on any atom is -0.303 e. The van der Waals surface area contributed by atoms with Crippen LogP contribution in [0.5, 0.6) is 0 Å². The molecule has 0 aliphatic carbocycles. The van der Waals surface area contributed by atoms with Crippen molar-refractivity contribution >= 4 is 17.9 Å². The van der Waals surface area contributed by atoms with Crippen LogP contribution in [-0.2, 0) is 17.6 Å². The van der Waals surface area contributed by atoms with Crippen molar-refractivity contribution in [1.82, 2.24) is 0 Å². The topological polar surface area (TPSA) is 17.1 Å². The van der Waals surface area contributed by atoms with E-state index in [0.717, 1.165) is 24.7 Å². The Balaban J connectivity index is 3.06. The van der Waals surface area contributed by atoms with E-state index < -0.39 is 0 Å². The number of carbonyl (C=O) groups excluding carboxylic acids is 1. The Morgan fingerprint density at radius 1 is 1.27 bits per heavy atom. The molecule has 0 heterocycles. The average Bonchev–Trinajstić information content (AvgIpc) is 2.30. The Morgan fingerprint density at radius 3 is 2.40 bits per heavy atom. The highest BCUT2D eigenvalue weighted by molar-refractivity contribution is 6.19. The van der Waals surface area contributed by atoms with Crippen LogP contribution in [0, 0.1) is 0 Å². The summed E-state index contributed by atoms with van der Waals surface area (Å²) in [5.74, 6) is 0.195. The van der Waals surface area contributed by atoms with Crippen molar-refractivity contribution in [3.05, 3.63) is 34.9 Å². The minimum absolute atomic E-state index is 0.164. The van der Waals surface area contributed by atoms with E-state index in [1.165, 1.54) is 11.1 Å². The first-order chi connectivity index (χ1) is 7.26. The fraction of sp³-hybridized carbons (Fsp3) is 0.462. The van der Waals surface area contributed by atoms with Gasteiger partial charge in [0.2, 0.25) is 0 Å². The lowest BCUT2D eigenvalue weighted by Crippen LogP contribution is -2.03. The number of carbonyl (C=O) groups is 1. The van der Waals surface area contributed by atoms with Crippen molar-refractivity contribution in [1.29, 1.82) is 0 Å². The molecule has 1 rings (SSSR count). The Kier molecular flexibility index (Phi) is 4.83. The van der Waals surface area contributed by atoms with Crippen molar-refractivity contribution in [2.45, 2.75) is 32.6 Å². The molecular formula is C13H17ClO. The van der Waals surface area contributed by atoms with Crippen LogP contribution >= 0.6 is 11.6 Å². The maximum Gasteiger partial charge on any atom is 0.128 e. The maximum atomic E-state index is 10.8. The number of halogens is 1. The summed E-state index contributed by atoms with van der Waals surface area (Å²) < 4.78 is 0. The van der Waals surface area contributed by atoms with E-state index >= 15 is 0 Å². The highest BCUT2D eigenvalue weighted by Gasteiger charge is 2.10. The van der Waals surface area contributed by atoms with Crippen LogP contribution in [0.4, 0.5) is 0 Å². The summed E-state index contributed by atoms with van der Waals surface area (Å²) in [4.78, 5) is 10.8. The third-order valence-corrected chi connectivity index (χ3v) is 3.08. The monoisotopic (exact) mass is 224 g/mol. The first-order valence-corrected chi connectivity index (χ1v) is 5.93. The number of hydrogen-bond acceptors (Lipinski definition) is 1. The minimum atomic E-state index is -0.164. The number of hydrogen-bond donors (Lipinski definition) is 0. The smallest absolute Gasteiger partial charge is 0.128 e. The molecule has 1 atom stereocenters. The van der Waals surface area contributed by atoms with E-state index in [4.69, 9.17) is 11.6 Å². The second kappa shape index (κ2) is 5.92. The third kappa shape index (κ3) is 2.82. The van der Waals surface area contributed by atoms with E-state index in [1.807, 2.05) is 6.07 Å². The van der Waals surface area contributed by atoms with Gasteiger partial charge in [-0.05, 0) is 29.5 Å². The van der Waals surface area contributed by atoms with E-state index in [-0.39, 0.29) is 5.92 Å². The van der Waals surface area contributed by atoms with E-state index in [9.17, 15) is 4.79 Å². The molecule has 0 spiro atoms. The van der Waals surface area contributed by atoms with Gasteiger partial charge in [-0.2, -0.15) is 0 Å². The van der Waals surface area contributed by atoms with Gasteiger partial charge < -0.3 is 4.79 Å². The fourth-order valence-corrected chi connectivity index (χ4v) is 2.01. The molecule has 0 fully saturated rings. The number of alkyl halides is 1. The summed E-state index contributed by atoms with van der Waals surface area (Å²) >= 11 is 5.74. The molecule has 0 aliphatic heterocycles. The molecule has 0 aromatic heterocycles. The van der Waals surface area contributed by atoms with E-state index in [1.54, 1.807) is 0 Å². The van der Waals surface area contributed by atoms with Gasteiger partial charge in [-0.1, -0.05) is 32.0 Å². The molecule has 0 saturated heterocycles. The number of aryl methyl sites for hydroxylation is 2. The van der Waals surface area contributed by atoms with Gasteiger partial charge >= 0.3 is 0 Å². The van der Waals surface area contributed by atoms with Crippen LogP contribution in [0.3, 0.4) is 0 Å². The zero-order valence-corrected chi connectivity index (χ0v) is 10.1. The summed E-state index contributed by atoms with van der Waals surface area (Å²) in [5, 5.41) is 0. The van der Waals surface area contributed by atoms with Gasteiger partial charge in [-0.25, -0.2) is 0 Å². The Bertz CT molecular complexity index is 333. The molecule has 0 amide bonds. The molecule has 0 radical (unpaired) electrons. The van der Waals surface area contributed by atoms with Crippen molar-refractivity contribution in [3.8, 4) is 0 Å². The van der Waals surface area contributed by atoms with Crippen LogP contribution in [0.15, 0.2) is 18.2 Å². The summed E-state index contributed by atoms with van der Waals surface area (Å²) in [7, 11) is 0. The fourth-order valence-electron chi connectivity index (χ4n) is 1.75.